The molecule has 1 aliphatic rings. The summed E-state index contributed by atoms with van der Waals surface area (Å²) in [4.78, 5) is 16.0. The van der Waals surface area contributed by atoms with E-state index >= 15 is 0 Å². The number of nitrogens with zero attached hydrogens (tertiary/aromatic N) is 2. The van der Waals surface area contributed by atoms with E-state index in [0.717, 1.165) is 17.9 Å². The first-order valence-corrected chi connectivity index (χ1v) is 6.45. The first-order chi connectivity index (χ1) is 8.65. The SMILES string of the molecule is CCOC(=O)N1CCN(C(C)C)c2ccccc21. The largest absolute Gasteiger partial charge is 0.449 e. The molecule has 0 atom stereocenters. The van der Waals surface area contributed by atoms with E-state index in [9.17, 15) is 4.79 Å². The number of ether oxygens (including phenoxy) is 1. The highest BCUT2D eigenvalue weighted by atomic mass is 16.6. The Morgan fingerprint density at radius 2 is 1.94 bits per heavy atom. The molecule has 18 heavy (non-hydrogen) atoms. The number of amides is 1. The van der Waals surface area contributed by atoms with Crippen LogP contribution < -0.4 is 9.80 Å². The molecule has 1 amide bonds. The van der Waals surface area contributed by atoms with Gasteiger partial charge in [0.15, 0.2) is 0 Å². The Bertz CT molecular complexity index is 432. The van der Waals surface area contributed by atoms with E-state index in [4.69, 9.17) is 4.74 Å². The lowest BCUT2D eigenvalue weighted by Gasteiger charge is -2.39. The van der Waals surface area contributed by atoms with E-state index in [-0.39, 0.29) is 6.09 Å². The monoisotopic (exact) mass is 248 g/mol. The summed E-state index contributed by atoms with van der Waals surface area (Å²) in [5, 5.41) is 0. The lowest BCUT2D eigenvalue weighted by molar-refractivity contribution is 0.159. The van der Waals surface area contributed by atoms with Crippen LogP contribution in [0.2, 0.25) is 0 Å². The van der Waals surface area contributed by atoms with Crippen molar-refractivity contribution in [3.8, 4) is 0 Å². The van der Waals surface area contributed by atoms with Crippen molar-refractivity contribution in [1.29, 1.82) is 0 Å². The number of anilines is 2. The molecule has 4 heteroatoms. The Hall–Kier alpha value is -1.71. The molecule has 0 aromatic heterocycles. The molecule has 0 saturated carbocycles. The molecule has 1 heterocycles. The van der Waals surface area contributed by atoms with Gasteiger partial charge in [-0.15, -0.1) is 0 Å². The summed E-state index contributed by atoms with van der Waals surface area (Å²) in [6.07, 6.45) is -0.256. The van der Waals surface area contributed by atoms with Gasteiger partial charge >= 0.3 is 6.09 Å². The molecule has 0 unspecified atom stereocenters. The van der Waals surface area contributed by atoms with E-state index in [1.54, 1.807) is 4.90 Å². The molecule has 0 spiro atoms. The number of carbonyl (C=O) groups is 1. The van der Waals surface area contributed by atoms with Crippen molar-refractivity contribution >= 4 is 17.5 Å². The molecule has 0 radical (unpaired) electrons. The van der Waals surface area contributed by atoms with E-state index in [2.05, 4.69) is 24.8 Å². The number of hydrogen-bond donors (Lipinski definition) is 0. The third-order valence-corrected chi connectivity index (χ3v) is 3.16. The van der Waals surface area contributed by atoms with Crippen molar-refractivity contribution in [2.45, 2.75) is 26.8 Å². The third-order valence-electron chi connectivity index (χ3n) is 3.16. The van der Waals surface area contributed by atoms with Crippen LogP contribution in [0, 0.1) is 0 Å². The van der Waals surface area contributed by atoms with Crippen LogP contribution in [0.4, 0.5) is 16.2 Å². The maximum atomic E-state index is 11.9. The second-order valence-electron chi connectivity index (χ2n) is 4.63. The minimum atomic E-state index is -0.256. The van der Waals surface area contributed by atoms with Crippen molar-refractivity contribution in [2.75, 3.05) is 29.5 Å². The molecule has 0 saturated heterocycles. The first-order valence-electron chi connectivity index (χ1n) is 6.45. The summed E-state index contributed by atoms with van der Waals surface area (Å²) in [5.74, 6) is 0. The average Bonchev–Trinajstić information content (AvgIpc) is 2.37. The lowest BCUT2D eigenvalue weighted by atomic mass is 10.1. The van der Waals surface area contributed by atoms with Gasteiger partial charge in [-0.1, -0.05) is 12.1 Å². The summed E-state index contributed by atoms with van der Waals surface area (Å²) in [5.41, 5.74) is 2.04. The van der Waals surface area contributed by atoms with Crippen molar-refractivity contribution in [3.05, 3.63) is 24.3 Å². The van der Waals surface area contributed by atoms with Crippen LogP contribution in [-0.4, -0.2) is 31.8 Å². The molecular formula is C14H20N2O2. The van der Waals surface area contributed by atoms with Crippen molar-refractivity contribution in [1.82, 2.24) is 0 Å². The van der Waals surface area contributed by atoms with E-state index in [1.807, 2.05) is 25.1 Å². The van der Waals surface area contributed by atoms with E-state index < -0.39 is 0 Å². The summed E-state index contributed by atoms with van der Waals surface area (Å²) < 4.78 is 5.10. The molecule has 1 aromatic rings. The van der Waals surface area contributed by atoms with E-state index in [1.165, 1.54) is 0 Å². The normalized spacial score (nSPS) is 14.7. The van der Waals surface area contributed by atoms with Gasteiger partial charge in [-0.2, -0.15) is 0 Å². The van der Waals surface area contributed by atoms with Crippen molar-refractivity contribution in [2.24, 2.45) is 0 Å². The summed E-state index contributed by atoms with van der Waals surface area (Å²) in [6.45, 7) is 8.08. The maximum absolute atomic E-state index is 11.9. The van der Waals surface area contributed by atoms with Gasteiger partial charge in [-0.05, 0) is 32.9 Å². The Labute approximate surface area is 108 Å². The van der Waals surface area contributed by atoms with Crippen LogP contribution in [-0.2, 0) is 4.74 Å². The van der Waals surface area contributed by atoms with Crippen molar-refractivity contribution in [3.63, 3.8) is 0 Å². The van der Waals surface area contributed by atoms with Gasteiger partial charge in [0.05, 0.1) is 18.0 Å². The van der Waals surface area contributed by atoms with Crippen LogP contribution in [0.3, 0.4) is 0 Å². The smallest absolute Gasteiger partial charge is 0.414 e. The van der Waals surface area contributed by atoms with Gasteiger partial charge in [-0.3, -0.25) is 4.90 Å². The topological polar surface area (TPSA) is 32.8 Å². The molecule has 2 rings (SSSR count). The zero-order valence-electron chi connectivity index (χ0n) is 11.2. The van der Waals surface area contributed by atoms with Gasteiger partial charge < -0.3 is 9.64 Å². The number of para-hydroxylation sites is 2. The molecule has 0 bridgehead atoms. The maximum Gasteiger partial charge on any atom is 0.414 e. The summed E-state index contributed by atoms with van der Waals surface area (Å²) in [6, 6.07) is 8.41. The number of carbonyl (C=O) groups excluding carboxylic acids is 1. The fourth-order valence-electron chi connectivity index (χ4n) is 2.31. The Kier molecular flexibility index (Phi) is 3.75. The number of hydrogen-bond acceptors (Lipinski definition) is 3. The highest BCUT2D eigenvalue weighted by molar-refractivity contribution is 5.93. The quantitative estimate of drug-likeness (QED) is 0.806. The molecule has 1 aromatic carbocycles. The van der Waals surface area contributed by atoms with Crippen LogP contribution in [0.1, 0.15) is 20.8 Å². The highest BCUT2D eigenvalue weighted by Gasteiger charge is 2.28. The Balaban J connectivity index is 2.33. The standard InChI is InChI=1S/C14H20N2O2/c1-4-18-14(17)16-10-9-15(11(2)3)12-7-5-6-8-13(12)16/h5-8,11H,4,9-10H2,1-3H3. The van der Waals surface area contributed by atoms with Crippen molar-refractivity contribution < 1.29 is 9.53 Å². The average molecular weight is 248 g/mol. The number of rotatable bonds is 2. The van der Waals surface area contributed by atoms with Gasteiger partial charge in [0.2, 0.25) is 0 Å². The summed E-state index contributed by atoms with van der Waals surface area (Å²) >= 11 is 0. The van der Waals surface area contributed by atoms with Gasteiger partial charge in [0.25, 0.3) is 0 Å². The lowest BCUT2D eigenvalue weighted by Crippen LogP contribution is -2.46. The molecule has 0 fully saturated rings. The minimum Gasteiger partial charge on any atom is -0.449 e. The molecular weight excluding hydrogens is 228 g/mol. The van der Waals surface area contributed by atoms with Crippen LogP contribution >= 0.6 is 0 Å². The third kappa shape index (κ3) is 2.28. The molecule has 0 aliphatic carbocycles. The molecule has 4 nitrogen and oxygen atoms in total. The Morgan fingerprint density at radius 3 is 2.56 bits per heavy atom. The summed E-state index contributed by atoms with van der Waals surface area (Å²) in [7, 11) is 0. The van der Waals surface area contributed by atoms with Crippen LogP contribution in [0.15, 0.2) is 24.3 Å². The van der Waals surface area contributed by atoms with E-state index in [0.29, 0.717) is 19.2 Å². The predicted molar refractivity (Wildman–Crippen MR) is 73.3 cm³/mol. The second kappa shape index (κ2) is 5.29. The molecule has 1 aliphatic heterocycles. The van der Waals surface area contributed by atoms with Gasteiger partial charge in [0, 0.05) is 19.1 Å². The zero-order chi connectivity index (χ0) is 13.1. The first kappa shape index (κ1) is 12.7. The number of benzene rings is 1. The zero-order valence-corrected chi connectivity index (χ0v) is 11.2. The second-order valence-corrected chi connectivity index (χ2v) is 4.63. The molecule has 98 valence electrons. The van der Waals surface area contributed by atoms with Crippen LogP contribution in [0.5, 0.6) is 0 Å². The Morgan fingerprint density at radius 1 is 1.28 bits per heavy atom. The van der Waals surface area contributed by atoms with Gasteiger partial charge in [-0.25, -0.2) is 4.79 Å². The molecule has 0 N–H and O–H groups in total. The van der Waals surface area contributed by atoms with Crippen LogP contribution in [0.25, 0.3) is 0 Å². The minimum absolute atomic E-state index is 0.256. The fourth-order valence-corrected chi connectivity index (χ4v) is 2.31. The predicted octanol–water partition coefficient (Wildman–Crippen LogP) is 2.88. The fraction of sp³-hybridized carbons (Fsp3) is 0.500. The van der Waals surface area contributed by atoms with Gasteiger partial charge in [0.1, 0.15) is 0 Å². The highest BCUT2D eigenvalue weighted by Crippen LogP contribution is 2.34. The number of fused-ring (bicyclic) bond motifs is 1.